The molecule has 0 amide bonds. The highest BCUT2D eigenvalue weighted by Crippen LogP contribution is 2.26. The zero-order valence-electron chi connectivity index (χ0n) is 11.2. The van der Waals surface area contributed by atoms with Crippen molar-refractivity contribution < 1.29 is 4.74 Å². The molecule has 1 rings (SSSR count). The Morgan fingerprint density at radius 3 is 2.41 bits per heavy atom. The Hall–Kier alpha value is -0.980. The molecule has 95 valence electrons. The standard InChI is InChI=1S/C16H25O/c1-4-7-13-17-16-11-9-15(10-12-16)14(6-3)8-5-2/h9-12,14H,2,4-8,13H2,1,3H3/t14-/m0/s1. The van der Waals surface area contributed by atoms with E-state index in [1.165, 1.54) is 24.8 Å². The molecule has 0 aliphatic carbocycles. The van der Waals surface area contributed by atoms with Gasteiger partial charge in [-0.05, 0) is 42.9 Å². The highest BCUT2D eigenvalue weighted by Gasteiger charge is 2.07. The molecule has 0 bridgehead atoms. The summed E-state index contributed by atoms with van der Waals surface area (Å²) in [7, 11) is 0. The predicted molar refractivity (Wildman–Crippen MR) is 74.5 cm³/mol. The SMILES string of the molecule is [CH2]CC[C@H](CC)c1ccc(OCCCC)cc1. The van der Waals surface area contributed by atoms with E-state index in [1.807, 2.05) is 0 Å². The molecule has 1 radical (unpaired) electrons. The van der Waals surface area contributed by atoms with Gasteiger partial charge in [-0.25, -0.2) is 0 Å². The molecule has 17 heavy (non-hydrogen) atoms. The third-order valence-corrected chi connectivity index (χ3v) is 3.16. The fourth-order valence-electron chi connectivity index (χ4n) is 2.02. The molecule has 0 aromatic heterocycles. The van der Waals surface area contributed by atoms with Crippen LogP contribution in [0.25, 0.3) is 0 Å². The number of ether oxygens (including phenoxy) is 1. The summed E-state index contributed by atoms with van der Waals surface area (Å²) in [5.41, 5.74) is 1.42. The lowest BCUT2D eigenvalue weighted by Gasteiger charge is -2.14. The van der Waals surface area contributed by atoms with E-state index in [2.05, 4.69) is 45.0 Å². The predicted octanol–water partition coefficient (Wildman–Crippen LogP) is 4.97. The van der Waals surface area contributed by atoms with Crippen molar-refractivity contribution in [2.45, 2.75) is 51.9 Å². The van der Waals surface area contributed by atoms with Gasteiger partial charge in [-0.2, -0.15) is 0 Å². The molecule has 1 aromatic rings. The first kappa shape index (κ1) is 14.1. The van der Waals surface area contributed by atoms with Crippen molar-refractivity contribution in [1.29, 1.82) is 0 Å². The summed E-state index contributed by atoms with van der Waals surface area (Å²) >= 11 is 0. The van der Waals surface area contributed by atoms with Crippen molar-refractivity contribution in [3.05, 3.63) is 36.8 Å². The van der Waals surface area contributed by atoms with Crippen LogP contribution in [0.15, 0.2) is 24.3 Å². The van der Waals surface area contributed by atoms with Crippen molar-refractivity contribution in [1.82, 2.24) is 0 Å². The van der Waals surface area contributed by atoms with E-state index in [1.54, 1.807) is 0 Å². The molecule has 0 aliphatic rings. The van der Waals surface area contributed by atoms with Crippen LogP contribution >= 0.6 is 0 Å². The van der Waals surface area contributed by atoms with Crippen LogP contribution < -0.4 is 4.74 Å². The molecule has 1 aromatic carbocycles. The fourth-order valence-corrected chi connectivity index (χ4v) is 2.02. The summed E-state index contributed by atoms with van der Waals surface area (Å²) in [5.74, 6) is 1.64. The van der Waals surface area contributed by atoms with Crippen LogP contribution in [0.5, 0.6) is 5.75 Å². The molecule has 1 heteroatoms. The molecule has 0 spiro atoms. The number of unbranched alkanes of at least 4 members (excludes halogenated alkanes) is 1. The average molecular weight is 233 g/mol. The van der Waals surface area contributed by atoms with E-state index in [9.17, 15) is 0 Å². The fraction of sp³-hybridized carbons (Fsp3) is 0.562. The highest BCUT2D eigenvalue weighted by atomic mass is 16.5. The van der Waals surface area contributed by atoms with Gasteiger partial charge < -0.3 is 4.74 Å². The molecule has 0 saturated heterocycles. The highest BCUT2D eigenvalue weighted by molar-refractivity contribution is 5.29. The van der Waals surface area contributed by atoms with Crippen molar-refractivity contribution in [2.75, 3.05) is 6.61 Å². The second-order valence-corrected chi connectivity index (χ2v) is 4.52. The summed E-state index contributed by atoms with van der Waals surface area (Å²) in [4.78, 5) is 0. The number of hydrogen-bond donors (Lipinski definition) is 0. The second-order valence-electron chi connectivity index (χ2n) is 4.52. The molecule has 0 N–H and O–H groups in total. The van der Waals surface area contributed by atoms with Gasteiger partial charge in [0.05, 0.1) is 6.61 Å². The van der Waals surface area contributed by atoms with E-state index >= 15 is 0 Å². The molecular formula is C16H25O. The zero-order valence-corrected chi connectivity index (χ0v) is 11.2. The van der Waals surface area contributed by atoms with Crippen molar-refractivity contribution in [2.24, 2.45) is 0 Å². The first-order chi connectivity index (χ1) is 8.31. The third-order valence-electron chi connectivity index (χ3n) is 3.16. The molecule has 1 nitrogen and oxygen atoms in total. The van der Waals surface area contributed by atoms with E-state index in [4.69, 9.17) is 4.74 Å². The van der Waals surface area contributed by atoms with Gasteiger partial charge in [-0.1, -0.05) is 45.7 Å². The van der Waals surface area contributed by atoms with Crippen molar-refractivity contribution >= 4 is 0 Å². The van der Waals surface area contributed by atoms with Crippen LogP contribution in [0.4, 0.5) is 0 Å². The van der Waals surface area contributed by atoms with Gasteiger partial charge in [0.25, 0.3) is 0 Å². The second kappa shape index (κ2) is 8.16. The van der Waals surface area contributed by atoms with E-state index in [0.29, 0.717) is 5.92 Å². The Kier molecular flexibility index (Phi) is 6.76. The Bertz CT molecular complexity index is 289. The Labute approximate surface area is 106 Å². The summed E-state index contributed by atoms with van der Waals surface area (Å²) in [6, 6.07) is 8.59. The van der Waals surface area contributed by atoms with Crippen LogP contribution in [-0.2, 0) is 0 Å². The molecular weight excluding hydrogens is 208 g/mol. The number of hydrogen-bond acceptors (Lipinski definition) is 1. The molecule has 0 saturated carbocycles. The van der Waals surface area contributed by atoms with Gasteiger partial charge in [-0.3, -0.25) is 0 Å². The monoisotopic (exact) mass is 233 g/mol. The van der Waals surface area contributed by atoms with Gasteiger partial charge in [0.2, 0.25) is 0 Å². The number of rotatable bonds is 8. The van der Waals surface area contributed by atoms with E-state index in [-0.39, 0.29) is 0 Å². The Balaban J connectivity index is 2.53. The van der Waals surface area contributed by atoms with Crippen LogP contribution in [0.2, 0.25) is 0 Å². The van der Waals surface area contributed by atoms with E-state index < -0.39 is 0 Å². The first-order valence-electron chi connectivity index (χ1n) is 6.83. The normalized spacial score (nSPS) is 12.4. The maximum atomic E-state index is 5.66. The summed E-state index contributed by atoms with van der Waals surface area (Å²) in [6.45, 7) is 9.19. The van der Waals surface area contributed by atoms with Gasteiger partial charge in [0, 0.05) is 0 Å². The summed E-state index contributed by atoms with van der Waals surface area (Å²) in [6.07, 6.45) is 5.67. The van der Waals surface area contributed by atoms with Gasteiger partial charge in [-0.15, -0.1) is 0 Å². The Morgan fingerprint density at radius 1 is 1.18 bits per heavy atom. The van der Waals surface area contributed by atoms with Gasteiger partial charge in [0.15, 0.2) is 0 Å². The van der Waals surface area contributed by atoms with Crippen LogP contribution in [0, 0.1) is 6.92 Å². The molecule has 0 unspecified atom stereocenters. The largest absolute Gasteiger partial charge is 0.494 e. The molecule has 1 atom stereocenters. The summed E-state index contributed by atoms with van der Waals surface area (Å²) < 4.78 is 5.66. The van der Waals surface area contributed by atoms with Crippen LogP contribution in [-0.4, -0.2) is 6.61 Å². The average Bonchev–Trinajstić information content (AvgIpc) is 2.37. The van der Waals surface area contributed by atoms with Crippen molar-refractivity contribution in [3.63, 3.8) is 0 Å². The lowest BCUT2D eigenvalue weighted by molar-refractivity contribution is 0.309. The topological polar surface area (TPSA) is 9.23 Å². The minimum Gasteiger partial charge on any atom is -0.494 e. The minimum atomic E-state index is 0.650. The third kappa shape index (κ3) is 4.80. The van der Waals surface area contributed by atoms with Crippen LogP contribution in [0.1, 0.15) is 57.4 Å². The smallest absolute Gasteiger partial charge is 0.119 e. The Morgan fingerprint density at radius 2 is 1.88 bits per heavy atom. The maximum Gasteiger partial charge on any atom is 0.119 e. The lowest BCUT2D eigenvalue weighted by Crippen LogP contribution is -1.99. The summed E-state index contributed by atoms with van der Waals surface area (Å²) in [5, 5.41) is 0. The lowest BCUT2D eigenvalue weighted by atomic mass is 9.92. The van der Waals surface area contributed by atoms with E-state index in [0.717, 1.165) is 25.2 Å². The van der Waals surface area contributed by atoms with Gasteiger partial charge in [0.1, 0.15) is 5.75 Å². The minimum absolute atomic E-state index is 0.650. The first-order valence-corrected chi connectivity index (χ1v) is 6.83. The molecule has 0 heterocycles. The molecule has 0 fully saturated rings. The maximum absolute atomic E-state index is 5.66. The van der Waals surface area contributed by atoms with Crippen molar-refractivity contribution in [3.8, 4) is 5.75 Å². The number of benzene rings is 1. The van der Waals surface area contributed by atoms with Gasteiger partial charge >= 0.3 is 0 Å². The molecule has 0 aliphatic heterocycles. The van der Waals surface area contributed by atoms with Crippen LogP contribution in [0.3, 0.4) is 0 Å². The quantitative estimate of drug-likeness (QED) is 0.576. The zero-order chi connectivity index (χ0) is 12.5.